The van der Waals surface area contributed by atoms with Crippen LogP contribution in [0.1, 0.15) is 44.7 Å². The Kier molecular flexibility index (Phi) is 4.41. The predicted octanol–water partition coefficient (Wildman–Crippen LogP) is 4.59. The fourth-order valence-corrected chi connectivity index (χ4v) is 2.23. The molecule has 3 rings (SSSR count). The van der Waals surface area contributed by atoms with Crippen LogP contribution in [0.3, 0.4) is 0 Å². The Balaban J connectivity index is 1.86. The second-order valence-electron chi connectivity index (χ2n) is 5.98. The largest absolute Gasteiger partial charge is 0.352 e. The highest BCUT2D eigenvalue weighted by atomic mass is 19.2. The van der Waals surface area contributed by atoms with Crippen LogP contribution in [0, 0.1) is 11.6 Å². The first kappa shape index (κ1) is 15.6. The minimum Gasteiger partial charge on any atom is -0.352 e. The van der Waals surface area contributed by atoms with Crippen molar-refractivity contribution in [3.8, 4) is 0 Å². The molecule has 2 N–H and O–H groups in total. The van der Waals surface area contributed by atoms with Gasteiger partial charge >= 0.3 is 0 Å². The zero-order chi connectivity index (χ0) is 16.4. The summed E-state index contributed by atoms with van der Waals surface area (Å²) < 4.78 is 26.4. The number of nitrogens with one attached hydrogen (secondary N) is 2. The lowest BCUT2D eigenvalue weighted by molar-refractivity contribution is 0.509. The molecular formula is C17H20F2N4. The van der Waals surface area contributed by atoms with Crippen molar-refractivity contribution in [2.24, 2.45) is 0 Å². The highest BCUT2D eigenvalue weighted by Crippen LogP contribution is 2.40. The van der Waals surface area contributed by atoms with Crippen molar-refractivity contribution in [3.63, 3.8) is 0 Å². The molecule has 1 heterocycles. The Labute approximate surface area is 134 Å². The summed E-state index contributed by atoms with van der Waals surface area (Å²) >= 11 is 0. The Morgan fingerprint density at radius 1 is 1.17 bits per heavy atom. The number of anilines is 3. The fraction of sp³-hybridized carbons (Fsp3) is 0.412. The van der Waals surface area contributed by atoms with Gasteiger partial charge in [0, 0.05) is 29.8 Å². The molecule has 4 nitrogen and oxygen atoms in total. The molecule has 6 heteroatoms. The number of hydrogen-bond acceptors (Lipinski definition) is 4. The third-order valence-corrected chi connectivity index (χ3v) is 3.92. The maximum Gasteiger partial charge on any atom is 0.225 e. The summed E-state index contributed by atoms with van der Waals surface area (Å²) in [7, 11) is 0. The maximum atomic E-state index is 13.3. The van der Waals surface area contributed by atoms with Gasteiger partial charge in [-0.15, -0.1) is 0 Å². The first-order valence-electron chi connectivity index (χ1n) is 7.92. The number of benzene rings is 1. The van der Waals surface area contributed by atoms with Crippen molar-refractivity contribution in [2.75, 3.05) is 10.6 Å². The van der Waals surface area contributed by atoms with Crippen LogP contribution in [0.15, 0.2) is 24.3 Å². The van der Waals surface area contributed by atoms with Crippen molar-refractivity contribution in [3.05, 3.63) is 41.6 Å². The second kappa shape index (κ2) is 6.48. The SMILES string of the molecule is CC[C@@H](C)Nc1nc(Nc2ccc(F)c(F)c2)cc(C2CC2)n1. The van der Waals surface area contributed by atoms with Crippen molar-refractivity contribution >= 4 is 17.5 Å². The molecular weight excluding hydrogens is 298 g/mol. The Morgan fingerprint density at radius 2 is 1.96 bits per heavy atom. The molecule has 0 radical (unpaired) electrons. The molecule has 1 saturated carbocycles. The Hall–Kier alpha value is -2.24. The lowest BCUT2D eigenvalue weighted by Gasteiger charge is -2.14. The van der Waals surface area contributed by atoms with E-state index in [-0.39, 0.29) is 6.04 Å². The quantitative estimate of drug-likeness (QED) is 0.818. The van der Waals surface area contributed by atoms with E-state index in [0.717, 1.165) is 37.1 Å². The van der Waals surface area contributed by atoms with Crippen molar-refractivity contribution in [2.45, 2.75) is 45.1 Å². The number of halogens is 2. The minimum atomic E-state index is -0.885. The van der Waals surface area contributed by atoms with Crippen LogP contribution in [-0.2, 0) is 0 Å². The van der Waals surface area contributed by atoms with Crippen LogP contribution in [0.2, 0.25) is 0 Å². The van der Waals surface area contributed by atoms with Gasteiger partial charge in [-0.05, 0) is 38.3 Å². The van der Waals surface area contributed by atoms with Crippen LogP contribution >= 0.6 is 0 Å². The normalized spacial score (nSPS) is 15.3. The number of hydrogen-bond donors (Lipinski definition) is 2. The standard InChI is InChI=1S/C17H20F2N4/c1-3-10(2)20-17-22-15(11-4-5-11)9-16(23-17)21-12-6-7-13(18)14(19)8-12/h6-11H,3-5H2,1-2H3,(H2,20,21,22,23)/t10-/m1/s1. The Bertz CT molecular complexity index is 701. The van der Waals surface area contributed by atoms with E-state index >= 15 is 0 Å². The van der Waals surface area contributed by atoms with Crippen LogP contribution in [0.25, 0.3) is 0 Å². The summed E-state index contributed by atoms with van der Waals surface area (Å²) in [5.74, 6) is -0.131. The average molecular weight is 318 g/mol. The zero-order valence-corrected chi connectivity index (χ0v) is 13.2. The van der Waals surface area contributed by atoms with Gasteiger partial charge in [-0.3, -0.25) is 0 Å². The van der Waals surface area contributed by atoms with Gasteiger partial charge in [0.25, 0.3) is 0 Å². The maximum absolute atomic E-state index is 13.3. The molecule has 122 valence electrons. The lowest BCUT2D eigenvalue weighted by Crippen LogP contribution is -2.16. The van der Waals surface area contributed by atoms with E-state index in [0.29, 0.717) is 23.4 Å². The van der Waals surface area contributed by atoms with Crippen molar-refractivity contribution in [1.82, 2.24) is 9.97 Å². The molecule has 1 atom stereocenters. The highest BCUT2D eigenvalue weighted by molar-refractivity contribution is 5.58. The van der Waals surface area contributed by atoms with Gasteiger partial charge in [-0.25, -0.2) is 13.8 Å². The first-order chi connectivity index (χ1) is 11.0. The molecule has 1 aliphatic carbocycles. The van der Waals surface area contributed by atoms with E-state index in [9.17, 15) is 8.78 Å². The summed E-state index contributed by atoms with van der Waals surface area (Å²) in [5, 5.41) is 6.29. The zero-order valence-electron chi connectivity index (χ0n) is 13.2. The van der Waals surface area contributed by atoms with Gasteiger partial charge in [0.2, 0.25) is 5.95 Å². The van der Waals surface area contributed by atoms with E-state index in [1.807, 2.05) is 6.07 Å². The van der Waals surface area contributed by atoms with Gasteiger partial charge in [0.1, 0.15) is 5.82 Å². The Morgan fingerprint density at radius 3 is 2.61 bits per heavy atom. The van der Waals surface area contributed by atoms with Crippen LogP contribution < -0.4 is 10.6 Å². The van der Waals surface area contributed by atoms with E-state index in [2.05, 4.69) is 34.4 Å². The summed E-state index contributed by atoms with van der Waals surface area (Å²) in [6.45, 7) is 4.15. The minimum absolute atomic E-state index is 0.264. The molecule has 1 fully saturated rings. The van der Waals surface area contributed by atoms with Gasteiger partial charge in [-0.2, -0.15) is 4.98 Å². The number of nitrogens with zero attached hydrogens (tertiary/aromatic N) is 2. The summed E-state index contributed by atoms with van der Waals surface area (Å²) in [6.07, 6.45) is 3.22. The highest BCUT2D eigenvalue weighted by Gasteiger charge is 2.26. The molecule has 0 unspecified atom stereocenters. The van der Waals surface area contributed by atoms with E-state index < -0.39 is 11.6 Å². The van der Waals surface area contributed by atoms with Crippen molar-refractivity contribution in [1.29, 1.82) is 0 Å². The van der Waals surface area contributed by atoms with Gasteiger partial charge in [0.15, 0.2) is 11.6 Å². The molecule has 1 aliphatic rings. The monoisotopic (exact) mass is 318 g/mol. The molecule has 1 aromatic carbocycles. The summed E-state index contributed by atoms with van der Waals surface area (Å²) in [6, 6.07) is 5.84. The average Bonchev–Trinajstić information content (AvgIpc) is 3.35. The third-order valence-electron chi connectivity index (χ3n) is 3.92. The molecule has 0 bridgehead atoms. The first-order valence-corrected chi connectivity index (χ1v) is 7.92. The molecule has 1 aromatic heterocycles. The molecule has 0 saturated heterocycles. The molecule has 23 heavy (non-hydrogen) atoms. The summed E-state index contributed by atoms with van der Waals surface area (Å²) in [5.41, 5.74) is 1.44. The lowest BCUT2D eigenvalue weighted by atomic mass is 10.2. The molecule has 0 amide bonds. The van der Waals surface area contributed by atoms with Gasteiger partial charge in [0.05, 0.1) is 5.69 Å². The molecule has 0 spiro atoms. The molecule has 0 aliphatic heterocycles. The fourth-order valence-electron chi connectivity index (χ4n) is 2.23. The number of rotatable bonds is 6. The summed E-state index contributed by atoms with van der Waals surface area (Å²) in [4.78, 5) is 8.99. The third kappa shape index (κ3) is 3.94. The van der Waals surface area contributed by atoms with Crippen molar-refractivity contribution < 1.29 is 8.78 Å². The van der Waals surface area contributed by atoms with Crippen LogP contribution in [-0.4, -0.2) is 16.0 Å². The smallest absolute Gasteiger partial charge is 0.225 e. The van der Waals surface area contributed by atoms with E-state index in [1.165, 1.54) is 6.07 Å². The van der Waals surface area contributed by atoms with Gasteiger partial charge in [-0.1, -0.05) is 6.92 Å². The van der Waals surface area contributed by atoms with Crippen LogP contribution in [0.5, 0.6) is 0 Å². The number of aromatic nitrogens is 2. The van der Waals surface area contributed by atoms with E-state index in [1.54, 1.807) is 0 Å². The molecule has 2 aromatic rings. The van der Waals surface area contributed by atoms with E-state index in [4.69, 9.17) is 0 Å². The predicted molar refractivity (Wildman–Crippen MR) is 87.0 cm³/mol. The van der Waals surface area contributed by atoms with Crippen LogP contribution in [0.4, 0.5) is 26.2 Å². The van der Waals surface area contributed by atoms with Gasteiger partial charge < -0.3 is 10.6 Å². The topological polar surface area (TPSA) is 49.8 Å². The second-order valence-corrected chi connectivity index (χ2v) is 5.98.